The predicted molar refractivity (Wildman–Crippen MR) is 70.5 cm³/mol. The van der Waals surface area contributed by atoms with Crippen LogP contribution in [0.15, 0.2) is 36.5 Å². The van der Waals surface area contributed by atoms with E-state index < -0.39 is 0 Å². The maximum atomic E-state index is 12.3. The van der Waals surface area contributed by atoms with Gasteiger partial charge in [0.05, 0.1) is 0 Å². The molecule has 0 saturated carbocycles. The van der Waals surface area contributed by atoms with Crippen molar-refractivity contribution in [3.05, 3.63) is 53.3 Å². The smallest absolute Gasteiger partial charge is 0.211 e. The molecule has 0 aliphatic carbocycles. The summed E-state index contributed by atoms with van der Waals surface area (Å²) in [6.07, 6.45) is 2.49. The van der Waals surface area contributed by atoms with Gasteiger partial charge in [-0.1, -0.05) is 24.3 Å². The number of aromatic nitrogens is 2. The highest BCUT2D eigenvalue weighted by molar-refractivity contribution is 6.07. The second-order valence-electron chi connectivity index (χ2n) is 4.10. The molecule has 4 heteroatoms. The second kappa shape index (κ2) is 5.60. The number of carbonyl (C=O) groups is 1. The van der Waals surface area contributed by atoms with E-state index >= 15 is 0 Å². The van der Waals surface area contributed by atoms with E-state index in [2.05, 4.69) is 5.10 Å². The van der Waals surface area contributed by atoms with Crippen LogP contribution in [0.2, 0.25) is 0 Å². The largest absolute Gasteiger partial charge is 0.330 e. The van der Waals surface area contributed by atoms with Crippen LogP contribution < -0.4 is 5.73 Å². The van der Waals surface area contributed by atoms with Crippen molar-refractivity contribution in [3.63, 3.8) is 0 Å². The first-order valence-corrected chi connectivity index (χ1v) is 6.11. The molecule has 0 bridgehead atoms. The molecule has 94 valence electrons. The van der Waals surface area contributed by atoms with E-state index in [4.69, 9.17) is 5.73 Å². The van der Waals surface area contributed by atoms with Gasteiger partial charge < -0.3 is 5.73 Å². The first kappa shape index (κ1) is 12.5. The fourth-order valence-electron chi connectivity index (χ4n) is 1.91. The summed E-state index contributed by atoms with van der Waals surface area (Å²) >= 11 is 0. The molecule has 1 heterocycles. The van der Waals surface area contributed by atoms with Gasteiger partial charge in [-0.2, -0.15) is 5.10 Å². The van der Waals surface area contributed by atoms with E-state index in [1.807, 2.05) is 31.2 Å². The molecule has 0 fully saturated rings. The van der Waals surface area contributed by atoms with Crippen molar-refractivity contribution < 1.29 is 4.79 Å². The van der Waals surface area contributed by atoms with Crippen molar-refractivity contribution in [1.82, 2.24) is 9.78 Å². The Bertz CT molecular complexity index is 528. The maximum absolute atomic E-state index is 12.3. The van der Waals surface area contributed by atoms with Gasteiger partial charge in [-0.05, 0) is 31.5 Å². The van der Waals surface area contributed by atoms with Crippen LogP contribution in [0.4, 0.5) is 0 Å². The molecule has 0 amide bonds. The lowest BCUT2D eigenvalue weighted by Crippen LogP contribution is -2.10. The maximum Gasteiger partial charge on any atom is 0.211 e. The van der Waals surface area contributed by atoms with Crippen LogP contribution in [0.1, 0.15) is 28.5 Å². The number of hydrogen-bond donors (Lipinski definition) is 1. The Kier molecular flexibility index (Phi) is 3.89. The Morgan fingerprint density at radius 3 is 2.61 bits per heavy atom. The van der Waals surface area contributed by atoms with E-state index in [-0.39, 0.29) is 5.78 Å². The minimum atomic E-state index is 0.00801. The van der Waals surface area contributed by atoms with E-state index in [1.54, 1.807) is 16.9 Å². The number of hydrogen-bond acceptors (Lipinski definition) is 3. The molecule has 0 unspecified atom stereocenters. The van der Waals surface area contributed by atoms with Gasteiger partial charge in [0.1, 0.15) is 5.69 Å². The topological polar surface area (TPSA) is 60.9 Å². The first-order chi connectivity index (χ1) is 8.76. The fourth-order valence-corrected chi connectivity index (χ4v) is 1.91. The normalized spacial score (nSPS) is 10.6. The summed E-state index contributed by atoms with van der Waals surface area (Å²) in [5, 5.41) is 4.11. The Morgan fingerprint density at radius 1 is 1.28 bits per heavy atom. The van der Waals surface area contributed by atoms with Crippen LogP contribution in [0, 0.1) is 0 Å². The van der Waals surface area contributed by atoms with E-state index in [9.17, 15) is 4.79 Å². The zero-order valence-corrected chi connectivity index (χ0v) is 10.5. The van der Waals surface area contributed by atoms with Crippen LogP contribution >= 0.6 is 0 Å². The number of ketones is 1. The van der Waals surface area contributed by atoms with Crippen molar-refractivity contribution in [2.75, 3.05) is 6.54 Å². The Balaban J connectivity index is 2.23. The summed E-state index contributed by atoms with van der Waals surface area (Å²) in [5.41, 5.74) is 7.96. The number of nitrogens with two attached hydrogens (primary N) is 1. The third-order valence-electron chi connectivity index (χ3n) is 2.90. The summed E-state index contributed by atoms with van der Waals surface area (Å²) < 4.78 is 1.70. The summed E-state index contributed by atoms with van der Waals surface area (Å²) in [6.45, 7) is 3.28. The zero-order chi connectivity index (χ0) is 13.0. The number of carbonyl (C=O) groups excluding carboxylic acids is 1. The molecule has 1 aromatic heterocycles. The molecular formula is C14H17N3O. The van der Waals surface area contributed by atoms with Gasteiger partial charge in [-0.3, -0.25) is 9.48 Å². The van der Waals surface area contributed by atoms with Crippen LogP contribution in [-0.4, -0.2) is 22.1 Å². The Morgan fingerprint density at radius 2 is 2.00 bits per heavy atom. The molecule has 0 aliphatic rings. The molecule has 2 aromatic rings. The summed E-state index contributed by atoms with van der Waals surface area (Å²) in [4.78, 5) is 12.3. The summed E-state index contributed by atoms with van der Waals surface area (Å²) in [7, 11) is 0. The monoisotopic (exact) mass is 243 g/mol. The molecule has 0 aliphatic heterocycles. The number of rotatable bonds is 5. The average molecular weight is 243 g/mol. The minimum Gasteiger partial charge on any atom is -0.330 e. The molecule has 18 heavy (non-hydrogen) atoms. The van der Waals surface area contributed by atoms with Gasteiger partial charge >= 0.3 is 0 Å². The molecule has 0 atom stereocenters. The quantitative estimate of drug-likeness (QED) is 0.812. The fraction of sp³-hybridized carbons (Fsp3) is 0.286. The van der Waals surface area contributed by atoms with E-state index in [0.29, 0.717) is 24.3 Å². The molecule has 0 spiro atoms. The van der Waals surface area contributed by atoms with Gasteiger partial charge in [0, 0.05) is 18.3 Å². The van der Waals surface area contributed by atoms with Gasteiger partial charge in [0.25, 0.3) is 0 Å². The number of aryl methyl sites for hydroxylation is 1. The third-order valence-corrected chi connectivity index (χ3v) is 2.90. The minimum absolute atomic E-state index is 0.00801. The molecule has 0 radical (unpaired) electrons. The Labute approximate surface area is 106 Å². The number of nitrogens with zero attached hydrogens (tertiary/aromatic N) is 2. The van der Waals surface area contributed by atoms with Crippen molar-refractivity contribution in [1.29, 1.82) is 0 Å². The first-order valence-electron chi connectivity index (χ1n) is 6.11. The lowest BCUT2D eigenvalue weighted by Gasteiger charge is -2.05. The lowest BCUT2D eigenvalue weighted by atomic mass is 10.0. The van der Waals surface area contributed by atoms with Crippen molar-refractivity contribution in [2.45, 2.75) is 19.9 Å². The second-order valence-corrected chi connectivity index (χ2v) is 4.10. The van der Waals surface area contributed by atoms with Gasteiger partial charge in [-0.25, -0.2) is 0 Å². The summed E-state index contributed by atoms with van der Waals surface area (Å²) in [6, 6.07) is 9.35. The van der Waals surface area contributed by atoms with Crippen LogP contribution in [0.5, 0.6) is 0 Å². The number of benzene rings is 1. The molecule has 4 nitrogen and oxygen atoms in total. The lowest BCUT2D eigenvalue weighted by molar-refractivity contribution is 0.102. The highest BCUT2D eigenvalue weighted by Gasteiger charge is 2.13. The highest BCUT2D eigenvalue weighted by atomic mass is 16.1. The summed E-state index contributed by atoms with van der Waals surface area (Å²) in [5.74, 6) is 0.00801. The average Bonchev–Trinajstić information content (AvgIpc) is 2.87. The van der Waals surface area contributed by atoms with Gasteiger partial charge in [0.15, 0.2) is 0 Å². The molecule has 0 saturated heterocycles. The SMILES string of the molecule is CCn1nccc1C(=O)c1ccc(CCN)cc1. The van der Waals surface area contributed by atoms with Gasteiger partial charge in [-0.15, -0.1) is 0 Å². The van der Waals surface area contributed by atoms with Crippen LogP contribution in [0.25, 0.3) is 0 Å². The van der Waals surface area contributed by atoms with Crippen LogP contribution in [0.3, 0.4) is 0 Å². The van der Waals surface area contributed by atoms with E-state index in [0.717, 1.165) is 12.0 Å². The molecule has 2 rings (SSSR count). The Hall–Kier alpha value is -1.94. The van der Waals surface area contributed by atoms with Crippen molar-refractivity contribution in [3.8, 4) is 0 Å². The van der Waals surface area contributed by atoms with Crippen molar-refractivity contribution in [2.24, 2.45) is 5.73 Å². The van der Waals surface area contributed by atoms with Gasteiger partial charge in [0.2, 0.25) is 5.78 Å². The van der Waals surface area contributed by atoms with E-state index in [1.165, 1.54) is 0 Å². The highest BCUT2D eigenvalue weighted by Crippen LogP contribution is 2.11. The third kappa shape index (κ3) is 2.49. The molecule has 2 N–H and O–H groups in total. The van der Waals surface area contributed by atoms with Crippen LogP contribution in [-0.2, 0) is 13.0 Å². The molecule has 1 aromatic carbocycles. The zero-order valence-electron chi connectivity index (χ0n) is 10.5. The molecular weight excluding hydrogens is 226 g/mol. The standard InChI is InChI=1S/C14H17N3O/c1-2-17-13(8-10-16-17)14(18)12-5-3-11(4-6-12)7-9-15/h3-6,8,10H,2,7,9,15H2,1H3. The predicted octanol–water partition coefficient (Wildman–Crippen LogP) is 1.64. The van der Waals surface area contributed by atoms with Crippen molar-refractivity contribution >= 4 is 5.78 Å².